The molecule has 8 nitrogen and oxygen atoms in total. The van der Waals surface area contributed by atoms with Gasteiger partial charge in [-0.1, -0.05) is 17.7 Å². The fraction of sp³-hybridized carbons (Fsp3) is 0.261. The zero-order chi connectivity index (χ0) is 24.0. The first-order chi connectivity index (χ1) is 16.4. The molecule has 5 rings (SSSR count). The van der Waals surface area contributed by atoms with Crippen LogP contribution in [0.15, 0.2) is 30.6 Å². The molecule has 34 heavy (non-hydrogen) atoms. The van der Waals surface area contributed by atoms with Crippen molar-refractivity contribution >= 4 is 39.7 Å². The Morgan fingerprint density at radius 3 is 2.85 bits per heavy atom. The second kappa shape index (κ2) is 8.50. The summed E-state index contributed by atoms with van der Waals surface area (Å²) in [7, 11) is 0. The van der Waals surface area contributed by atoms with Gasteiger partial charge in [-0.15, -0.1) is 0 Å². The van der Waals surface area contributed by atoms with E-state index in [9.17, 15) is 18.8 Å². The van der Waals surface area contributed by atoms with Crippen molar-refractivity contribution < 1.29 is 13.6 Å². The van der Waals surface area contributed by atoms with E-state index in [1.807, 2.05) is 6.07 Å². The molecule has 2 N–H and O–H groups in total. The number of benzene rings is 1. The Bertz CT molecular complexity index is 1490. The average molecular weight is 482 g/mol. The van der Waals surface area contributed by atoms with Gasteiger partial charge >= 0.3 is 0 Å². The van der Waals surface area contributed by atoms with Crippen LogP contribution in [0.1, 0.15) is 36.2 Å². The van der Waals surface area contributed by atoms with Crippen LogP contribution in [0.5, 0.6) is 0 Å². The van der Waals surface area contributed by atoms with E-state index in [0.717, 1.165) is 23.6 Å². The standard InChI is InChI=1S/C23H18ClF2N7O/c1-11-19(17-9-28-8-12-6-13(24)2-5-15(12)17)23(29-10-18(34)31-14-3-4-14)33-22(30-11)16(7-27)20(32-33)21(25)26/h2,5-6,8-9,14,21,29H,3-4,10H2,1H3,(H,31,34). The summed E-state index contributed by atoms with van der Waals surface area (Å²) in [5, 5.41) is 21.6. The van der Waals surface area contributed by atoms with Crippen molar-refractivity contribution in [3.05, 3.63) is 52.6 Å². The molecule has 0 atom stereocenters. The summed E-state index contributed by atoms with van der Waals surface area (Å²) in [6.07, 6.45) is 2.20. The quantitative estimate of drug-likeness (QED) is 0.422. The SMILES string of the molecule is Cc1nc2c(C#N)c(C(F)F)nn2c(NCC(=O)NC2CC2)c1-c1cncc2cc(Cl)ccc12. The van der Waals surface area contributed by atoms with Crippen LogP contribution in [-0.4, -0.2) is 38.1 Å². The molecule has 0 bridgehead atoms. The Labute approximate surface area is 197 Å². The first-order valence-electron chi connectivity index (χ1n) is 10.6. The number of fused-ring (bicyclic) bond motifs is 2. The third-order valence-corrected chi connectivity index (χ3v) is 5.87. The van der Waals surface area contributed by atoms with Gasteiger partial charge in [0.2, 0.25) is 5.91 Å². The second-order valence-corrected chi connectivity index (χ2v) is 8.51. The number of hydrogen-bond acceptors (Lipinski definition) is 6. The molecule has 0 radical (unpaired) electrons. The largest absolute Gasteiger partial charge is 0.360 e. The van der Waals surface area contributed by atoms with E-state index in [0.29, 0.717) is 21.8 Å². The summed E-state index contributed by atoms with van der Waals surface area (Å²) in [4.78, 5) is 21.2. The lowest BCUT2D eigenvalue weighted by Gasteiger charge is -2.17. The van der Waals surface area contributed by atoms with Crippen LogP contribution in [-0.2, 0) is 4.79 Å². The number of amides is 1. The number of halogens is 3. The average Bonchev–Trinajstić information content (AvgIpc) is 3.53. The normalized spacial score (nSPS) is 13.4. The molecular weight excluding hydrogens is 464 g/mol. The molecule has 3 aromatic heterocycles. The number of carbonyl (C=O) groups is 1. The molecule has 4 aromatic rings. The van der Waals surface area contributed by atoms with Gasteiger partial charge in [0.1, 0.15) is 23.1 Å². The summed E-state index contributed by atoms with van der Waals surface area (Å²) < 4.78 is 28.5. The van der Waals surface area contributed by atoms with Crippen LogP contribution >= 0.6 is 11.6 Å². The van der Waals surface area contributed by atoms with Crippen LogP contribution in [0, 0.1) is 18.3 Å². The van der Waals surface area contributed by atoms with Crippen molar-refractivity contribution in [2.45, 2.75) is 32.2 Å². The Morgan fingerprint density at radius 1 is 1.35 bits per heavy atom. The predicted octanol–water partition coefficient (Wildman–Crippen LogP) is 4.41. The monoisotopic (exact) mass is 481 g/mol. The van der Waals surface area contributed by atoms with Crippen LogP contribution in [0.2, 0.25) is 5.02 Å². The van der Waals surface area contributed by atoms with E-state index < -0.39 is 12.1 Å². The zero-order valence-corrected chi connectivity index (χ0v) is 18.7. The number of rotatable bonds is 6. The number of nitrogens with zero attached hydrogens (tertiary/aromatic N) is 5. The molecule has 1 fully saturated rings. The molecule has 0 unspecified atom stereocenters. The number of anilines is 1. The van der Waals surface area contributed by atoms with E-state index in [4.69, 9.17) is 11.6 Å². The van der Waals surface area contributed by atoms with Gasteiger partial charge in [-0.2, -0.15) is 14.9 Å². The van der Waals surface area contributed by atoms with Crippen molar-refractivity contribution in [3.63, 3.8) is 0 Å². The molecule has 3 heterocycles. The molecule has 1 aromatic carbocycles. The second-order valence-electron chi connectivity index (χ2n) is 8.08. The van der Waals surface area contributed by atoms with E-state index in [1.165, 1.54) is 4.52 Å². The number of aryl methyl sites for hydroxylation is 1. The summed E-state index contributed by atoms with van der Waals surface area (Å²) in [6, 6.07) is 7.29. The van der Waals surface area contributed by atoms with E-state index >= 15 is 0 Å². The summed E-state index contributed by atoms with van der Waals surface area (Å²) in [5.41, 5.74) is 0.649. The number of carbonyl (C=O) groups excluding carboxylic acids is 1. The third kappa shape index (κ3) is 3.88. The van der Waals surface area contributed by atoms with Crippen molar-refractivity contribution in [2.75, 3.05) is 11.9 Å². The predicted molar refractivity (Wildman–Crippen MR) is 123 cm³/mol. The lowest BCUT2D eigenvalue weighted by Crippen LogP contribution is -2.32. The Kier molecular flexibility index (Phi) is 5.49. The van der Waals surface area contributed by atoms with Crippen molar-refractivity contribution in [2.24, 2.45) is 0 Å². The number of nitrogens with one attached hydrogen (secondary N) is 2. The Balaban J connectivity index is 1.74. The van der Waals surface area contributed by atoms with Gasteiger partial charge < -0.3 is 10.6 Å². The van der Waals surface area contributed by atoms with Gasteiger partial charge in [0.15, 0.2) is 5.65 Å². The van der Waals surface area contributed by atoms with Crippen molar-refractivity contribution in [1.29, 1.82) is 5.26 Å². The smallest absolute Gasteiger partial charge is 0.283 e. The van der Waals surface area contributed by atoms with Gasteiger partial charge in [-0.25, -0.2) is 13.8 Å². The maximum absolute atomic E-state index is 13.7. The minimum absolute atomic E-state index is 0.0135. The van der Waals surface area contributed by atoms with Gasteiger partial charge in [-0.3, -0.25) is 9.78 Å². The molecule has 0 aliphatic heterocycles. The number of aromatic nitrogens is 4. The summed E-state index contributed by atoms with van der Waals surface area (Å²) >= 11 is 6.14. The molecule has 11 heteroatoms. The van der Waals surface area contributed by atoms with Crippen LogP contribution in [0.3, 0.4) is 0 Å². The molecule has 0 spiro atoms. The fourth-order valence-electron chi connectivity index (χ4n) is 3.94. The van der Waals surface area contributed by atoms with E-state index in [2.05, 4.69) is 25.7 Å². The third-order valence-electron chi connectivity index (χ3n) is 5.64. The highest BCUT2D eigenvalue weighted by molar-refractivity contribution is 6.31. The van der Waals surface area contributed by atoms with E-state index in [1.54, 1.807) is 37.5 Å². The zero-order valence-electron chi connectivity index (χ0n) is 17.9. The topological polar surface area (TPSA) is 108 Å². The van der Waals surface area contributed by atoms with Crippen molar-refractivity contribution in [1.82, 2.24) is 24.9 Å². The summed E-state index contributed by atoms with van der Waals surface area (Å²) in [5.74, 6) is 0.0294. The number of pyridine rings is 1. The first-order valence-corrected chi connectivity index (χ1v) is 10.9. The molecule has 1 saturated carbocycles. The van der Waals surface area contributed by atoms with Crippen molar-refractivity contribution in [3.8, 4) is 17.2 Å². The molecule has 172 valence electrons. The molecule has 1 aliphatic carbocycles. The number of hydrogen-bond donors (Lipinski definition) is 2. The van der Waals surface area contributed by atoms with Crippen LogP contribution in [0.4, 0.5) is 14.6 Å². The first kappa shape index (κ1) is 22.0. The maximum atomic E-state index is 13.7. The Hall–Kier alpha value is -3.84. The highest BCUT2D eigenvalue weighted by Gasteiger charge is 2.27. The fourth-order valence-corrected chi connectivity index (χ4v) is 4.12. The van der Waals surface area contributed by atoms with Gasteiger partial charge in [0.05, 0.1) is 12.2 Å². The molecule has 1 aliphatic rings. The number of nitriles is 1. The van der Waals surface area contributed by atoms with E-state index in [-0.39, 0.29) is 35.5 Å². The van der Waals surface area contributed by atoms with Crippen LogP contribution < -0.4 is 10.6 Å². The highest BCUT2D eigenvalue weighted by atomic mass is 35.5. The maximum Gasteiger partial charge on any atom is 0.283 e. The molecule has 1 amide bonds. The summed E-state index contributed by atoms with van der Waals surface area (Å²) in [6.45, 7) is 1.59. The molecule has 0 saturated heterocycles. The van der Waals surface area contributed by atoms with Gasteiger partial charge in [-0.05, 0) is 37.3 Å². The highest BCUT2D eigenvalue weighted by Crippen LogP contribution is 2.37. The minimum atomic E-state index is -2.97. The minimum Gasteiger partial charge on any atom is -0.360 e. The molecular formula is C23H18ClF2N7O. The lowest BCUT2D eigenvalue weighted by atomic mass is 10.00. The number of alkyl halides is 2. The lowest BCUT2D eigenvalue weighted by molar-refractivity contribution is -0.119. The van der Waals surface area contributed by atoms with Gasteiger partial charge in [0, 0.05) is 40.0 Å². The van der Waals surface area contributed by atoms with Crippen LogP contribution in [0.25, 0.3) is 27.5 Å². The Morgan fingerprint density at radius 2 is 2.15 bits per heavy atom. The van der Waals surface area contributed by atoms with Gasteiger partial charge in [0.25, 0.3) is 6.43 Å².